The summed E-state index contributed by atoms with van der Waals surface area (Å²) in [6, 6.07) is 9.12. The van der Waals surface area contributed by atoms with Crippen LogP contribution in [0.1, 0.15) is 0 Å². The fourth-order valence-electron chi connectivity index (χ4n) is 1.83. The normalized spacial score (nSPS) is 10.4. The number of benzene rings is 2. The van der Waals surface area contributed by atoms with Gasteiger partial charge in [-0.2, -0.15) is 10.1 Å². The first-order valence-electron chi connectivity index (χ1n) is 6.54. The highest BCUT2D eigenvalue weighted by molar-refractivity contribution is 5.58. The summed E-state index contributed by atoms with van der Waals surface area (Å²) >= 11 is 0. The SMILES string of the molecule is Fc1cccc(Nc2nncc(Nc3ccc(F)c(F)c3)n2)c1. The van der Waals surface area contributed by atoms with Gasteiger partial charge in [-0.05, 0) is 30.3 Å². The molecule has 0 saturated carbocycles. The Morgan fingerprint density at radius 3 is 2.43 bits per heavy atom. The Morgan fingerprint density at radius 2 is 1.65 bits per heavy atom. The highest BCUT2D eigenvalue weighted by Crippen LogP contribution is 2.19. The van der Waals surface area contributed by atoms with Crippen LogP contribution in [0.25, 0.3) is 0 Å². The monoisotopic (exact) mass is 317 g/mol. The van der Waals surface area contributed by atoms with Gasteiger partial charge in [0, 0.05) is 17.4 Å². The first kappa shape index (κ1) is 14.8. The van der Waals surface area contributed by atoms with E-state index in [0.29, 0.717) is 11.4 Å². The maximum absolute atomic E-state index is 13.2. The molecule has 0 aliphatic heterocycles. The summed E-state index contributed by atoms with van der Waals surface area (Å²) in [6.45, 7) is 0. The van der Waals surface area contributed by atoms with Gasteiger partial charge in [0.05, 0.1) is 6.20 Å². The van der Waals surface area contributed by atoms with E-state index >= 15 is 0 Å². The zero-order chi connectivity index (χ0) is 16.2. The molecular weight excluding hydrogens is 307 g/mol. The van der Waals surface area contributed by atoms with Crippen molar-refractivity contribution in [3.8, 4) is 0 Å². The Labute approximate surface area is 129 Å². The average molecular weight is 317 g/mol. The van der Waals surface area contributed by atoms with Crippen molar-refractivity contribution in [3.05, 3.63) is 66.1 Å². The highest BCUT2D eigenvalue weighted by Gasteiger charge is 2.05. The van der Waals surface area contributed by atoms with Crippen LogP contribution < -0.4 is 10.6 Å². The van der Waals surface area contributed by atoms with Crippen molar-refractivity contribution in [3.63, 3.8) is 0 Å². The molecule has 0 radical (unpaired) electrons. The number of hydrogen-bond acceptors (Lipinski definition) is 5. The van der Waals surface area contributed by atoms with Crippen LogP contribution >= 0.6 is 0 Å². The number of nitrogens with one attached hydrogen (secondary N) is 2. The maximum Gasteiger partial charge on any atom is 0.249 e. The van der Waals surface area contributed by atoms with Crippen LogP contribution in [0.2, 0.25) is 0 Å². The van der Waals surface area contributed by atoms with Gasteiger partial charge in [0.2, 0.25) is 5.95 Å². The predicted molar refractivity (Wildman–Crippen MR) is 79.2 cm³/mol. The van der Waals surface area contributed by atoms with E-state index in [1.54, 1.807) is 6.07 Å². The molecule has 2 N–H and O–H groups in total. The molecule has 23 heavy (non-hydrogen) atoms. The molecule has 0 aliphatic carbocycles. The van der Waals surface area contributed by atoms with Crippen LogP contribution in [0, 0.1) is 17.5 Å². The zero-order valence-electron chi connectivity index (χ0n) is 11.6. The van der Waals surface area contributed by atoms with Crippen LogP contribution in [0.4, 0.5) is 36.3 Å². The number of rotatable bonds is 4. The van der Waals surface area contributed by atoms with E-state index in [-0.39, 0.29) is 11.8 Å². The summed E-state index contributed by atoms with van der Waals surface area (Å²) in [5.74, 6) is -1.92. The fraction of sp³-hybridized carbons (Fsp3) is 0. The second-order valence-corrected chi connectivity index (χ2v) is 4.55. The van der Waals surface area contributed by atoms with Gasteiger partial charge < -0.3 is 10.6 Å². The van der Waals surface area contributed by atoms with Gasteiger partial charge in [0.25, 0.3) is 0 Å². The number of aromatic nitrogens is 3. The first-order chi connectivity index (χ1) is 11.1. The molecule has 5 nitrogen and oxygen atoms in total. The third-order valence-corrected chi connectivity index (χ3v) is 2.83. The Bertz CT molecular complexity index is 841. The topological polar surface area (TPSA) is 62.7 Å². The lowest BCUT2D eigenvalue weighted by atomic mass is 10.3. The van der Waals surface area contributed by atoms with Crippen molar-refractivity contribution in [1.82, 2.24) is 15.2 Å². The molecule has 1 heterocycles. The minimum absolute atomic E-state index is 0.128. The van der Waals surface area contributed by atoms with Crippen molar-refractivity contribution in [1.29, 1.82) is 0 Å². The van der Waals surface area contributed by atoms with Crippen molar-refractivity contribution in [2.24, 2.45) is 0 Å². The summed E-state index contributed by atoms with van der Waals surface area (Å²) < 4.78 is 39.2. The third kappa shape index (κ3) is 3.73. The van der Waals surface area contributed by atoms with Gasteiger partial charge in [-0.25, -0.2) is 13.2 Å². The molecule has 0 bridgehead atoms. The van der Waals surface area contributed by atoms with Crippen LogP contribution in [-0.2, 0) is 0 Å². The molecule has 116 valence electrons. The highest BCUT2D eigenvalue weighted by atomic mass is 19.2. The van der Waals surface area contributed by atoms with Crippen molar-refractivity contribution in [2.75, 3.05) is 10.6 Å². The molecule has 0 unspecified atom stereocenters. The van der Waals surface area contributed by atoms with Crippen LogP contribution in [0.3, 0.4) is 0 Å². The molecule has 1 aromatic heterocycles. The summed E-state index contributed by atoms with van der Waals surface area (Å²) in [5.41, 5.74) is 0.762. The van der Waals surface area contributed by atoms with Crippen molar-refractivity contribution >= 4 is 23.1 Å². The molecule has 0 fully saturated rings. The molecule has 2 aromatic carbocycles. The van der Waals surface area contributed by atoms with Gasteiger partial charge in [-0.3, -0.25) is 0 Å². The van der Waals surface area contributed by atoms with Gasteiger partial charge in [0.15, 0.2) is 17.5 Å². The lowest BCUT2D eigenvalue weighted by molar-refractivity contribution is 0.509. The summed E-state index contributed by atoms with van der Waals surface area (Å²) in [6.07, 6.45) is 1.32. The Morgan fingerprint density at radius 1 is 0.826 bits per heavy atom. The van der Waals surface area contributed by atoms with Crippen molar-refractivity contribution in [2.45, 2.75) is 0 Å². The molecule has 0 saturated heterocycles. The quantitative estimate of drug-likeness (QED) is 0.767. The molecule has 0 spiro atoms. The fourth-order valence-corrected chi connectivity index (χ4v) is 1.83. The zero-order valence-corrected chi connectivity index (χ0v) is 11.6. The van der Waals surface area contributed by atoms with Crippen LogP contribution in [-0.4, -0.2) is 15.2 Å². The summed E-state index contributed by atoms with van der Waals surface area (Å²) in [7, 11) is 0. The standard InChI is InChI=1S/C15H10F3N5/c16-9-2-1-3-10(6-9)21-15-22-14(8-19-23-15)20-11-4-5-12(17)13(18)7-11/h1-8H,(H2,20,21,22,23). The number of anilines is 4. The van der Waals surface area contributed by atoms with E-state index in [1.807, 2.05) is 0 Å². The smallest absolute Gasteiger partial charge is 0.249 e. The Balaban J connectivity index is 1.78. The lowest BCUT2D eigenvalue weighted by Crippen LogP contribution is -2.02. The molecular formula is C15H10F3N5. The second-order valence-electron chi connectivity index (χ2n) is 4.55. The van der Waals surface area contributed by atoms with E-state index in [1.165, 1.54) is 30.5 Å². The maximum atomic E-state index is 13.2. The molecule has 8 heteroatoms. The molecule has 0 amide bonds. The minimum atomic E-state index is -0.977. The first-order valence-corrected chi connectivity index (χ1v) is 6.54. The molecule has 0 atom stereocenters. The third-order valence-electron chi connectivity index (χ3n) is 2.83. The van der Waals surface area contributed by atoms with Gasteiger partial charge in [0.1, 0.15) is 5.82 Å². The van der Waals surface area contributed by atoms with E-state index in [9.17, 15) is 13.2 Å². The molecule has 3 aromatic rings. The average Bonchev–Trinajstić information content (AvgIpc) is 2.51. The number of hydrogen-bond donors (Lipinski definition) is 2. The summed E-state index contributed by atoms with van der Waals surface area (Å²) in [4.78, 5) is 4.11. The van der Waals surface area contributed by atoms with Gasteiger partial charge in [-0.15, -0.1) is 5.10 Å². The number of halogens is 3. The van der Waals surface area contributed by atoms with E-state index in [4.69, 9.17) is 0 Å². The van der Waals surface area contributed by atoms with E-state index in [2.05, 4.69) is 25.8 Å². The Hall–Kier alpha value is -3.16. The van der Waals surface area contributed by atoms with Crippen LogP contribution in [0.5, 0.6) is 0 Å². The summed E-state index contributed by atoms with van der Waals surface area (Å²) in [5, 5.41) is 13.1. The number of nitrogens with zero attached hydrogens (tertiary/aromatic N) is 3. The molecule has 0 aliphatic rings. The van der Waals surface area contributed by atoms with Gasteiger partial charge in [-0.1, -0.05) is 6.07 Å². The van der Waals surface area contributed by atoms with Gasteiger partial charge >= 0.3 is 0 Å². The predicted octanol–water partition coefficient (Wildman–Crippen LogP) is 3.78. The Kier molecular flexibility index (Phi) is 4.05. The second kappa shape index (κ2) is 6.30. The minimum Gasteiger partial charge on any atom is -0.339 e. The lowest BCUT2D eigenvalue weighted by Gasteiger charge is -2.08. The van der Waals surface area contributed by atoms with E-state index < -0.39 is 17.5 Å². The largest absolute Gasteiger partial charge is 0.339 e. The van der Waals surface area contributed by atoms with Crippen molar-refractivity contribution < 1.29 is 13.2 Å². The molecule has 3 rings (SSSR count). The van der Waals surface area contributed by atoms with E-state index in [0.717, 1.165) is 12.1 Å². The van der Waals surface area contributed by atoms with Crippen LogP contribution in [0.15, 0.2) is 48.7 Å².